The minimum absolute atomic E-state index is 0.0805. The van der Waals surface area contributed by atoms with Crippen LogP contribution >= 0.6 is 0 Å². The monoisotopic (exact) mass is 217 g/mol. The van der Waals surface area contributed by atoms with Gasteiger partial charge in [-0.05, 0) is 44.4 Å². The second-order valence-corrected chi connectivity index (χ2v) is 4.63. The first-order valence-corrected chi connectivity index (χ1v) is 6.19. The highest BCUT2D eigenvalue weighted by molar-refractivity contribution is 5.37. The Kier molecular flexibility index (Phi) is 4.83. The fourth-order valence-corrected chi connectivity index (χ4v) is 2.89. The zero-order valence-electron chi connectivity index (χ0n) is 10.7. The Morgan fingerprint density at radius 2 is 2.25 bits per heavy atom. The van der Waals surface area contributed by atoms with Gasteiger partial charge in [0.25, 0.3) is 0 Å². The Labute approximate surface area is 100 Å². The van der Waals surface area contributed by atoms with E-state index < -0.39 is 0 Å². The van der Waals surface area contributed by atoms with E-state index in [-0.39, 0.29) is 5.54 Å². The largest absolute Gasteiger partial charge is 0.310 e. The maximum Gasteiger partial charge on any atom is 0.0464 e. The summed E-state index contributed by atoms with van der Waals surface area (Å²) >= 11 is 0. The van der Waals surface area contributed by atoms with Crippen molar-refractivity contribution in [1.29, 1.82) is 0 Å². The number of nitrogens with one attached hydrogen (secondary N) is 1. The average molecular weight is 217 g/mol. The van der Waals surface area contributed by atoms with Crippen LogP contribution in [0.5, 0.6) is 0 Å². The first kappa shape index (κ1) is 13.1. The van der Waals surface area contributed by atoms with Gasteiger partial charge in [-0.25, -0.2) is 0 Å². The Hall–Kier alpha value is -1.00. The average Bonchev–Trinajstić information content (AvgIpc) is 2.30. The van der Waals surface area contributed by atoms with Gasteiger partial charge in [0.15, 0.2) is 0 Å². The summed E-state index contributed by atoms with van der Waals surface area (Å²) in [5.41, 5.74) is 1.34. The third-order valence-corrected chi connectivity index (χ3v) is 3.85. The lowest BCUT2D eigenvalue weighted by molar-refractivity contribution is 0.208. The number of hydrogen-bond donors (Lipinski definition) is 1. The summed E-state index contributed by atoms with van der Waals surface area (Å²) in [7, 11) is 2.05. The summed E-state index contributed by atoms with van der Waals surface area (Å²) in [4.78, 5) is 0. The van der Waals surface area contributed by atoms with Crippen molar-refractivity contribution in [3.63, 3.8) is 0 Å². The van der Waals surface area contributed by atoms with Crippen LogP contribution in [0.3, 0.4) is 0 Å². The Balaban J connectivity index is 3.10. The fraction of sp³-hybridized carbons (Fsp3) is 0.600. The van der Waals surface area contributed by atoms with E-state index in [2.05, 4.69) is 37.4 Å². The summed E-state index contributed by atoms with van der Waals surface area (Å²) in [5, 5.41) is 3.52. The van der Waals surface area contributed by atoms with E-state index in [4.69, 9.17) is 6.42 Å². The van der Waals surface area contributed by atoms with Crippen LogP contribution in [0, 0.1) is 18.3 Å². The van der Waals surface area contributed by atoms with Crippen LogP contribution in [0.4, 0.5) is 0 Å². The Bertz CT molecular complexity index is 319. The van der Waals surface area contributed by atoms with Crippen LogP contribution in [0.1, 0.15) is 39.5 Å². The van der Waals surface area contributed by atoms with Gasteiger partial charge in [0.05, 0.1) is 0 Å². The molecule has 1 rings (SSSR count). The van der Waals surface area contributed by atoms with Gasteiger partial charge in [0.1, 0.15) is 0 Å². The van der Waals surface area contributed by atoms with Gasteiger partial charge in [-0.2, -0.15) is 0 Å². The molecule has 1 N–H and O–H groups in total. The molecular formula is C15H23N. The van der Waals surface area contributed by atoms with E-state index in [1.54, 1.807) is 0 Å². The summed E-state index contributed by atoms with van der Waals surface area (Å²) in [6.45, 7) is 4.37. The predicted molar refractivity (Wildman–Crippen MR) is 71.2 cm³/mol. The second kappa shape index (κ2) is 5.92. The molecule has 0 spiro atoms. The van der Waals surface area contributed by atoms with Crippen LogP contribution in [0.15, 0.2) is 23.8 Å². The molecule has 1 unspecified atom stereocenters. The van der Waals surface area contributed by atoms with E-state index in [1.807, 2.05) is 13.0 Å². The van der Waals surface area contributed by atoms with Gasteiger partial charge in [-0.15, -0.1) is 6.42 Å². The van der Waals surface area contributed by atoms with Crippen molar-refractivity contribution < 1.29 is 0 Å². The van der Waals surface area contributed by atoms with Gasteiger partial charge >= 0.3 is 0 Å². The summed E-state index contributed by atoms with van der Waals surface area (Å²) in [5.74, 6) is 3.32. The normalized spacial score (nSPS) is 31.6. The molecule has 0 aromatic carbocycles. The zero-order chi connectivity index (χ0) is 12.0. The number of rotatable bonds is 3. The third-order valence-electron chi connectivity index (χ3n) is 3.85. The Morgan fingerprint density at radius 1 is 1.50 bits per heavy atom. The topological polar surface area (TPSA) is 12.0 Å². The molecule has 2 atom stereocenters. The summed E-state index contributed by atoms with van der Waals surface area (Å²) < 4.78 is 0. The molecule has 0 heterocycles. The molecule has 1 heteroatoms. The van der Waals surface area contributed by atoms with Crippen molar-refractivity contribution in [2.45, 2.75) is 45.1 Å². The first-order valence-electron chi connectivity index (χ1n) is 6.19. The Morgan fingerprint density at radius 3 is 2.75 bits per heavy atom. The van der Waals surface area contributed by atoms with Crippen molar-refractivity contribution in [2.75, 3.05) is 7.05 Å². The molecule has 88 valence electrons. The van der Waals surface area contributed by atoms with Gasteiger partial charge in [-0.3, -0.25) is 0 Å². The third kappa shape index (κ3) is 2.39. The van der Waals surface area contributed by atoms with Crippen molar-refractivity contribution in [3.8, 4) is 12.3 Å². The van der Waals surface area contributed by atoms with E-state index in [9.17, 15) is 0 Å². The van der Waals surface area contributed by atoms with Crippen LogP contribution in [-0.2, 0) is 0 Å². The van der Waals surface area contributed by atoms with Crippen LogP contribution < -0.4 is 5.32 Å². The number of likely N-dealkylation sites (N-methyl/N-ethyl adjacent to an activating group) is 1. The fourth-order valence-electron chi connectivity index (χ4n) is 2.89. The van der Waals surface area contributed by atoms with E-state index in [1.165, 1.54) is 31.3 Å². The standard InChI is InChI=1S/C15H23N/c1-5-9-14(10-6-2)15(16-4)12-8-7-11-13(15)3/h1,6,9-10,13,16H,7-8,11-12H2,2-4H3/b10-6-,14-9+/t13?,15-/m1/s1. The first-order chi connectivity index (χ1) is 7.71. The SMILES string of the molecule is C#C/C=C(\C=C/C)[C@@]1(NC)CCCCC1C. The van der Waals surface area contributed by atoms with Crippen molar-refractivity contribution in [3.05, 3.63) is 23.8 Å². The molecule has 0 bridgehead atoms. The van der Waals surface area contributed by atoms with Crippen molar-refractivity contribution >= 4 is 0 Å². The minimum Gasteiger partial charge on any atom is -0.310 e. The molecule has 1 aliphatic carbocycles. The maximum absolute atomic E-state index is 5.44. The van der Waals surface area contributed by atoms with Crippen molar-refractivity contribution in [2.24, 2.45) is 5.92 Å². The maximum atomic E-state index is 5.44. The summed E-state index contributed by atoms with van der Waals surface area (Å²) in [6, 6.07) is 0. The molecule has 1 nitrogen and oxygen atoms in total. The molecule has 0 radical (unpaired) electrons. The van der Waals surface area contributed by atoms with Gasteiger partial charge in [0, 0.05) is 5.54 Å². The lowest BCUT2D eigenvalue weighted by atomic mass is 9.69. The van der Waals surface area contributed by atoms with Crippen LogP contribution in [0.2, 0.25) is 0 Å². The molecule has 1 saturated carbocycles. The number of allylic oxidation sites excluding steroid dienone is 2. The molecule has 0 aromatic rings. The lowest BCUT2D eigenvalue weighted by Crippen LogP contribution is -2.51. The summed E-state index contributed by atoms with van der Waals surface area (Å²) in [6.07, 6.45) is 16.7. The van der Waals surface area contributed by atoms with Gasteiger partial charge < -0.3 is 5.32 Å². The van der Waals surface area contributed by atoms with E-state index in [0.717, 1.165) is 0 Å². The quantitative estimate of drug-likeness (QED) is 0.565. The molecule has 1 aliphatic rings. The van der Waals surface area contributed by atoms with Gasteiger partial charge in [-0.1, -0.05) is 37.8 Å². The molecule has 0 aromatic heterocycles. The molecular weight excluding hydrogens is 194 g/mol. The second-order valence-electron chi connectivity index (χ2n) is 4.63. The predicted octanol–water partition coefficient (Wildman–Crippen LogP) is 3.29. The number of terminal acetylenes is 1. The molecule has 1 fully saturated rings. The van der Waals surface area contributed by atoms with Crippen molar-refractivity contribution in [1.82, 2.24) is 5.32 Å². The highest BCUT2D eigenvalue weighted by Gasteiger charge is 2.38. The number of hydrogen-bond acceptors (Lipinski definition) is 1. The minimum atomic E-state index is 0.0805. The van der Waals surface area contributed by atoms with E-state index in [0.29, 0.717) is 5.92 Å². The molecule has 16 heavy (non-hydrogen) atoms. The van der Waals surface area contributed by atoms with Gasteiger partial charge in [0.2, 0.25) is 0 Å². The molecule has 0 aliphatic heterocycles. The zero-order valence-corrected chi connectivity index (χ0v) is 10.7. The molecule has 0 amide bonds. The molecule has 0 saturated heterocycles. The smallest absolute Gasteiger partial charge is 0.0464 e. The van der Waals surface area contributed by atoms with Crippen LogP contribution in [0.25, 0.3) is 0 Å². The van der Waals surface area contributed by atoms with Crippen LogP contribution in [-0.4, -0.2) is 12.6 Å². The highest BCUT2D eigenvalue weighted by Crippen LogP contribution is 2.39. The highest BCUT2D eigenvalue weighted by atomic mass is 15.0. The lowest BCUT2D eigenvalue weighted by Gasteiger charge is -2.43. The van der Waals surface area contributed by atoms with E-state index >= 15 is 0 Å².